The fourth-order valence-electron chi connectivity index (χ4n) is 3.30. The highest BCUT2D eigenvalue weighted by molar-refractivity contribution is 4.93. The fraction of sp³-hybridized carbons (Fsp3) is 1.00. The van der Waals surface area contributed by atoms with Gasteiger partial charge < -0.3 is 5.32 Å². The molecule has 0 aliphatic carbocycles. The van der Waals surface area contributed by atoms with Crippen LogP contribution >= 0.6 is 0 Å². The lowest BCUT2D eigenvalue weighted by molar-refractivity contribution is -0.000171. The van der Waals surface area contributed by atoms with Crippen LogP contribution in [-0.4, -0.2) is 36.6 Å². The van der Waals surface area contributed by atoms with E-state index in [0.29, 0.717) is 6.04 Å². The molecule has 3 rings (SSSR count). The van der Waals surface area contributed by atoms with E-state index in [1.807, 2.05) is 0 Å². The van der Waals surface area contributed by atoms with E-state index in [0.717, 1.165) is 17.9 Å². The van der Waals surface area contributed by atoms with Gasteiger partial charge in [-0.1, -0.05) is 27.2 Å². The molecule has 1 unspecified atom stereocenters. The first-order valence-corrected chi connectivity index (χ1v) is 6.68. The van der Waals surface area contributed by atoms with Gasteiger partial charge in [0.2, 0.25) is 0 Å². The molecule has 2 bridgehead atoms. The topological polar surface area (TPSA) is 15.3 Å². The van der Waals surface area contributed by atoms with E-state index < -0.39 is 0 Å². The molecular formula is C13H26N2. The first-order valence-electron chi connectivity index (χ1n) is 6.68. The Kier molecular flexibility index (Phi) is 3.68. The van der Waals surface area contributed by atoms with Crippen molar-refractivity contribution in [2.45, 2.75) is 52.1 Å². The summed E-state index contributed by atoms with van der Waals surface area (Å²) >= 11 is 0. The third-order valence-corrected chi connectivity index (χ3v) is 4.30. The van der Waals surface area contributed by atoms with E-state index in [1.54, 1.807) is 0 Å². The number of piperidine rings is 3. The average Bonchev–Trinajstić information content (AvgIpc) is 2.27. The van der Waals surface area contributed by atoms with Gasteiger partial charge in [-0.25, -0.2) is 0 Å². The highest BCUT2D eigenvalue weighted by Gasteiger charge is 2.38. The summed E-state index contributed by atoms with van der Waals surface area (Å²) in [6, 6.07) is 1.46. The highest BCUT2D eigenvalue weighted by atomic mass is 15.2. The summed E-state index contributed by atoms with van der Waals surface area (Å²) in [6.07, 6.45) is 4.28. The van der Waals surface area contributed by atoms with Crippen LogP contribution in [0.2, 0.25) is 0 Å². The number of nitrogens with zero attached hydrogens (tertiary/aromatic N) is 1. The standard InChI is InChI=1S/C13H26N2/c1-4-11-9-15-6-5-12(11)7-13(15)8-14-10(2)3/h10-14H,4-9H2,1-3H3/t11-,12-,13-/m0/s1. The maximum Gasteiger partial charge on any atom is 0.0223 e. The molecule has 0 radical (unpaired) electrons. The maximum atomic E-state index is 3.59. The predicted molar refractivity (Wildman–Crippen MR) is 65.0 cm³/mol. The van der Waals surface area contributed by atoms with Crippen molar-refractivity contribution in [1.82, 2.24) is 10.2 Å². The third kappa shape index (κ3) is 2.54. The van der Waals surface area contributed by atoms with Gasteiger partial charge in [0.1, 0.15) is 0 Å². The zero-order valence-electron chi connectivity index (χ0n) is 10.5. The van der Waals surface area contributed by atoms with E-state index in [4.69, 9.17) is 0 Å². The van der Waals surface area contributed by atoms with Crippen LogP contribution in [0.3, 0.4) is 0 Å². The SMILES string of the molecule is CC[C@H]1CN2CC[C@H]1C[C@H]2CNC(C)C. The van der Waals surface area contributed by atoms with Gasteiger partial charge in [-0.3, -0.25) is 4.90 Å². The van der Waals surface area contributed by atoms with E-state index in [1.165, 1.54) is 38.9 Å². The number of nitrogens with one attached hydrogen (secondary N) is 1. The van der Waals surface area contributed by atoms with Crippen LogP contribution in [0.5, 0.6) is 0 Å². The van der Waals surface area contributed by atoms with Crippen molar-refractivity contribution in [3.8, 4) is 0 Å². The molecule has 3 saturated heterocycles. The Labute approximate surface area is 94.4 Å². The second kappa shape index (κ2) is 4.84. The summed E-state index contributed by atoms with van der Waals surface area (Å²) in [4.78, 5) is 2.73. The molecule has 0 aromatic heterocycles. The van der Waals surface area contributed by atoms with Gasteiger partial charge in [-0.15, -0.1) is 0 Å². The Bertz CT molecular complexity index is 203. The molecule has 0 aromatic rings. The van der Waals surface area contributed by atoms with Crippen LogP contribution in [0.4, 0.5) is 0 Å². The van der Waals surface area contributed by atoms with Gasteiger partial charge in [0.05, 0.1) is 0 Å². The molecule has 3 heterocycles. The Balaban J connectivity index is 1.85. The average molecular weight is 210 g/mol. The summed E-state index contributed by atoms with van der Waals surface area (Å²) < 4.78 is 0. The molecule has 3 aliphatic heterocycles. The largest absolute Gasteiger partial charge is 0.313 e. The monoisotopic (exact) mass is 210 g/mol. The second-order valence-corrected chi connectivity index (χ2v) is 5.66. The smallest absolute Gasteiger partial charge is 0.0223 e. The molecule has 1 N–H and O–H groups in total. The number of hydrogen-bond acceptors (Lipinski definition) is 2. The molecule has 15 heavy (non-hydrogen) atoms. The number of fused-ring (bicyclic) bond motifs is 3. The molecule has 4 atom stereocenters. The number of hydrogen-bond donors (Lipinski definition) is 1. The molecule has 0 saturated carbocycles. The minimum absolute atomic E-state index is 0.633. The molecule has 0 amide bonds. The zero-order valence-corrected chi connectivity index (χ0v) is 10.5. The molecule has 0 spiro atoms. The minimum Gasteiger partial charge on any atom is -0.313 e. The summed E-state index contributed by atoms with van der Waals surface area (Å²) in [7, 11) is 0. The van der Waals surface area contributed by atoms with Crippen LogP contribution in [-0.2, 0) is 0 Å². The summed E-state index contributed by atoms with van der Waals surface area (Å²) in [5.41, 5.74) is 0. The Morgan fingerprint density at radius 3 is 2.73 bits per heavy atom. The molecule has 2 heteroatoms. The first-order chi connectivity index (χ1) is 7.20. The van der Waals surface area contributed by atoms with Gasteiger partial charge in [0.25, 0.3) is 0 Å². The Morgan fingerprint density at radius 1 is 1.40 bits per heavy atom. The second-order valence-electron chi connectivity index (χ2n) is 5.66. The van der Waals surface area contributed by atoms with Crippen LogP contribution in [0.15, 0.2) is 0 Å². The summed E-state index contributed by atoms with van der Waals surface area (Å²) in [5.74, 6) is 2.02. The van der Waals surface area contributed by atoms with Crippen LogP contribution in [0, 0.1) is 11.8 Å². The van der Waals surface area contributed by atoms with Gasteiger partial charge in [-0.05, 0) is 31.2 Å². The lowest BCUT2D eigenvalue weighted by Crippen LogP contribution is -2.56. The van der Waals surface area contributed by atoms with E-state index >= 15 is 0 Å². The first kappa shape index (κ1) is 11.4. The Hall–Kier alpha value is -0.0800. The molecule has 3 aliphatic rings. The molecule has 88 valence electrons. The molecular weight excluding hydrogens is 184 g/mol. The maximum absolute atomic E-state index is 3.59. The van der Waals surface area contributed by atoms with Gasteiger partial charge in [0.15, 0.2) is 0 Å². The quantitative estimate of drug-likeness (QED) is 0.764. The normalized spacial score (nSPS) is 40.0. The molecule has 3 fully saturated rings. The van der Waals surface area contributed by atoms with Crippen molar-refractivity contribution in [1.29, 1.82) is 0 Å². The Morgan fingerprint density at radius 2 is 2.20 bits per heavy atom. The predicted octanol–water partition coefficient (Wildman–Crippen LogP) is 2.10. The number of rotatable bonds is 4. The summed E-state index contributed by atoms with van der Waals surface area (Å²) in [5, 5.41) is 3.59. The van der Waals surface area contributed by atoms with E-state index in [2.05, 4.69) is 31.0 Å². The fourth-order valence-corrected chi connectivity index (χ4v) is 3.30. The summed E-state index contributed by atoms with van der Waals surface area (Å²) in [6.45, 7) is 10.8. The lowest BCUT2D eigenvalue weighted by Gasteiger charge is -2.50. The van der Waals surface area contributed by atoms with Crippen LogP contribution in [0.25, 0.3) is 0 Å². The van der Waals surface area contributed by atoms with Crippen LogP contribution in [0.1, 0.15) is 40.0 Å². The van der Waals surface area contributed by atoms with E-state index in [-0.39, 0.29) is 0 Å². The van der Waals surface area contributed by atoms with E-state index in [9.17, 15) is 0 Å². The van der Waals surface area contributed by atoms with Crippen LogP contribution < -0.4 is 5.32 Å². The van der Waals surface area contributed by atoms with Crippen molar-refractivity contribution >= 4 is 0 Å². The van der Waals surface area contributed by atoms with Crippen molar-refractivity contribution < 1.29 is 0 Å². The van der Waals surface area contributed by atoms with Crippen molar-refractivity contribution in [2.75, 3.05) is 19.6 Å². The zero-order chi connectivity index (χ0) is 10.8. The van der Waals surface area contributed by atoms with Crippen molar-refractivity contribution in [3.63, 3.8) is 0 Å². The lowest BCUT2D eigenvalue weighted by atomic mass is 9.74. The molecule has 2 nitrogen and oxygen atoms in total. The van der Waals surface area contributed by atoms with Gasteiger partial charge in [-0.2, -0.15) is 0 Å². The third-order valence-electron chi connectivity index (χ3n) is 4.30. The van der Waals surface area contributed by atoms with Gasteiger partial charge in [0, 0.05) is 25.2 Å². The van der Waals surface area contributed by atoms with Gasteiger partial charge >= 0.3 is 0 Å². The van der Waals surface area contributed by atoms with Crippen molar-refractivity contribution in [2.24, 2.45) is 11.8 Å². The highest BCUT2D eigenvalue weighted by Crippen LogP contribution is 2.37. The molecule has 0 aromatic carbocycles. The van der Waals surface area contributed by atoms with Crippen molar-refractivity contribution in [3.05, 3.63) is 0 Å². The minimum atomic E-state index is 0.633.